The molecule has 1 amide bonds. The van der Waals surface area contributed by atoms with Crippen molar-refractivity contribution < 1.29 is 9.53 Å². The molecular formula is C20H20N4O2. The van der Waals surface area contributed by atoms with Crippen LogP contribution in [-0.4, -0.2) is 29.0 Å². The van der Waals surface area contributed by atoms with Gasteiger partial charge in [-0.3, -0.25) is 4.79 Å². The van der Waals surface area contributed by atoms with Gasteiger partial charge in [-0.15, -0.1) is 0 Å². The smallest absolute Gasteiger partial charge is 0.251 e. The summed E-state index contributed by atoms with van der Waals surface area (Å²) in [6.07, 6.45) is 5.86. The van der Waals surface area contributed by atoms with Gasteiger partial charge >= 0.3 is 0 Å². The first-order chi connectivity index (χ1) is 12.7. The third kappa shape index (κ3) is 3.39. The molecule has 1 unspecified atom stereocenters. The summed E-state index contributed by atoms with van der Waals surface area (Å²) < 4.78 is 5.64. The van der Waals surface area contributed by atoms with Gasteiger partial charge in [-0.25, -0.2) is 4.98 Å². The standard InChI is InChI=1S/C20H20N4O2/c21-12-14-3-8-18(23-13-14)26-16-6-4-15(5-7-16)19(25)24-20(9-10-20)17-2-1-11-22-17/h3-8,13,17,22H,1-2,9-11H2,(H,24,25). The molecule has 2 aliphatic rings. The molecule has 0 spiro atoms. The van der Waals surface area contributed by atoms with E-state index in [-0.39, 0.29) is 11.4 Å². The number of pyridine rings is 1. The van der Waals surface area contributed by atoms with Crippen LogP contribution in [-0.2, 0) is 0 Å². The van der Waals surface area contributed by atoms with Gasteiger partial charge in [0, 0.05) is 23.9 Å². The summed E-state index contributed by atoms with van der Waals surface area (Å²) in [5.41, 5.74) is 1.04. The number of nitrogens with one attached hydrogen (secondary N) is 2. The number of benzene rings is 1. The molecule has 132 valence electrons. The lowest BCUT2D eigenvalue weighted by Crippen LogP contribution is -2.49. The van der Waals surface area contributed by atoms with Gasteiger partial charge in [-0.05, 0) is 62.6 Å². The average Bonchev–Trinajstić information content (AvgIpc) is 3.23. The van der Waals surface area contributed by atoms with Crippen LogP contribution >= 0.6 is 0 Å². The number of amides is 1. The van der Waals surface area contributed by atoms with E-state index in [2.05, 4.69) is 15.6 Å². The number of nitrogens with zero attached hydrogens (tertiary/aromatic N) is 2. The van der Waals surface area contributed by atoms with E-state index in [0.717, 1.165) is 25.8 Å². The van der Waals surface area contributed by atoms with Gasteiger partial charge in [0.05, 0.1) is 11.1 Å². The Morgan fingerprint density at radius 2 is 2.08 bits per heavy atom. The number of hydrogen-bond donors (Lipinski definition) is 2. The highest BCUT2D eigenvalue weighted by Crippen LogP contribution is 2.41. The van der Waals surface area contributed by atoms with Crippen molar-refractivity contribution in [2.45, 2.75) is 37.3 Å². The maximum Gasteiger partial charge on any atom is 0.251 e. The number of carbonyl (C=O) groups is 1. The quantitative estimate of drug-likeness (QED) is 0.867. The molecule has 6 heteroatoms. The van der Waals surface area contributed by atoms with Gasteiger partial charge in [-0.2, -0.15) is 5.26 Å². The first-order valence-electron chi connectivity index (χ1n) is 8.88. The second kappa shape index (κ2) is 6.77. The molecule has 1 saturated carbocycles. The van der Waals surface area contributed by atoms with Crippen molar-refractivity contribution in [1.82, 2.24) is 15.6 Å². The molecule has 0 radical (unpaired) electrons. The van der Waals surface area contributed by atoms with Gasteiger partial charge in [0.2, 0.25) is 5.88 Å². The van der Waals surface area contributed by atoms with Crippen molar-refractivity contribution >= 4 is 5.91 Å². The Hall–Kier alpha value is -2.91. The number of ether oxygens (including phenoxy) is 1. The fourth-order valence-corrected chi connectivity index (χ4v) is 3.45. The topological polar surface area (TPSA) is 87.0 Å². The minimum absolute atomic E-state index is 0.0424. The van der Waals surface area contributed by atoms with Gasteiger partial charge in [0.15, 0.2) is 0 Å². The van der Waals surface area contributed by atoms with Crippen LogP contribution in [0.25, 0.3) is 0 Å². The Balaban J connectivity index is 1.39. The summed E-state index contributed by atoms with van der Waals surface area (Å²) in [6.45, 7) is 1.04. The molecule has 1 aliphatic heterocycles. The molecule has 1 saturated heterocycles. The van der Waals surface area contributed by atoms with Crippen LogP contribution in [0.4, 0.5) is 0 Å². The Labute approximate surface area is 152 Å². The van der Waals surface area contributed by atoms with E-state index in [1.165, 1.54) is 12.6 Å². The lowest BCUT2D eigenvalue weighted by Gasteiger charge is -2.24. The fraction of sp³-hybridized carbons (Fsp3) is 0.350. The predicted molar refractivity (Wildman–Crippen MR) is 95.9 cm³/mol. The van der Waals surface area contributed by atoms with E-state index >= 15 is 0 Å². The zero-order valence-electron chi connectivity index (χ0n) is 14.4. The molecule has 1 aromatic heterocycles. The Bertz CT molecular complexity index is 830. The van der Waals surface area contributed by atoms with Crippen LogP contribution in [0.5, 0.6) is 11.6 Å². The SMILES string of the molecule is N#Cc1ccc(Oc2ccc(C(=O)NC3(C4CCCN4)CC3)cc2)nc1. The number of nitriles is 1. The third-order valence-corrected chi connectivity index (χ3v) is 5.08. The van der Waals surface area contributed by atoms with Crippen molar-refractivity contribution in [3.05, 3.63) is 53.7 Å². The van der Waals surface area contributed by atoms with Crippen LogP contribution < -0.4 is 15.4 Å². The normalized spacial score (nSPS) is 20.2. The van der Waals surface area contributed by atoms with E-state index in [0.29, 0.717) is 28.8 Å². The van der Waals surface area contributed by atoms with Gasteiger partial charge in [0.1, 0.15) is 11.8 Å². The number of aromatic nitrogens is 1. The number of rotatable bonds is 5. The molecule has 1 atom stereocenters. The van der Waals surface area contributed by atoms with Crippen LogP contribution in [0, 0.1) is 11.3 Å². The third-order valence-electron chi connectivity index (χ3n) is 5.08. The van der Waals surface area contributed by atoms with Gasteiger partial charge in [-0.1, -0.05) is 0 Å². The summed E-state index contributed by atoms with van der Waals surface area (Å²) in [7, 11) is 0. The Kier molecular flexibility index (Phi) is 4.31. The predicted octanol–water partition coefficient (Wildman–Crippen LogP) is 2.76. The monoisotopic (exact) mass is 348 g/mol. The fourth-order valence-electron chi connectivity index (χ4n) is 3.45. The van der Waals surface area contributed by atoms with Crippen LogP contribution in [0.15, 0.2) is 42.6 Å². The Morgan fingerprint density at radius 1 is 1.27 bits per heavy atom. The maximum atomic E-state index is 12.6. The number of hydrogen-bond acceptors (Lipinski definition) is 5. The summed E-state index contributed by atoms with van der Waals surface area (Å²) in [5.74, 6) is 0.960. The van der Waals surface area contributed by atoms with Crippen LogP contribution in [0.2, 0.25) is 0 Å². The lowest BCUT2D eigenvalue weighted by molar-refractivity contribution is 0.0922. The molecule has 1 aromatic carbocycles. The molecule has 4 rings (SSSR count). The molecule has 2 heterocycles. The van der Waals surface area contributed by atoms with E-state index in [4.69, 9.17) is 10.00 Å². The van der Waals surface area contributed by atoms with Crippen molar-refractivity contribution in [1.29, 1.82) is 5.26 Å². The van der Waals surface area contributed by atoms with Crippen molar-refractivity contribution in [2.75, 3.05) is 6.54 Å². The maximum absolute atomic E-state index is 12.6. The highest BCUT2D eigenvalue weighted by Gasteiger charge is 2.51. The number of carbonyl (C=O) groups excluding carboxylic acids is 1. The highest BCUT2D eigenvalue weighted by atomic mass is 16.5. The molecule has 1 aliphatic carbocycles. The van der Waals surface area contributed by atoms with Crippen molar-refractivity contribution in [3.63, 3.8) is 0 Å². The first kappa shape index (κ1) is 16.6. The summed E-state index contributed by atoms with van der Waals surface area (Å²) in [6, 6.07) is 12.7. The van der Waals surface area contributed by atoms with E-state index < -0.39 is 0 Å². The van der Waals surface area contributed by atoms with E-state index in [1.54, 1.807) is 36.4 Å². The molecule has 26 heavy (non-hydrogen) atoms. The second-order valence-electron chi connectivity index (χ2n) is 6.88. The van der Waals surface area contributed by atoms with Crippen LogP contribution in [0.1, 0.15) is 41.6 Å². The highest BCUT2D eigenvalue weighted by molar-refractivity contribution is 5.95. The van der Waals surface area contributed by atoms with Gasteiger partial charge in [0.25, 0.3) is 5.91 Å². The van der Waals surface area contributed by atoms with Crippen LogP contribution in [0.3, 0.4) is 0 Å². The molecule has 0 bridgehead atoms. The van der Waals surface area contributed by atoms with E-state index in [1.807, 2.05) is 6.07 Å². The van der Waals surface area contributed by atoms with Gasteiger partial charge < -0.3 is 15.4 Å². The lowest BCUT2D eigenvalue weighted by atomic mass is 10.0. The summed E-state index contributed by atoms with van der Waals surface area (Å²) in [5, 5.41) is 15.5. The molecule has 2 fully saturated rings. The minimum Gasteiger partial charge on any atom is -0.439 e. The van der Waals surface area contributed by atoms with E-state index in [9.17, 15) is 4.79 Å². The summed E-state index contributed by atoms with van der Waals surface area (Å²) in [4.78, 5) is 16.6. The zero-order chi connectivity index (χ0) is 18.0. The second-order valence-corrected chi connectivity index (χ2v) is 6.88. The minimum atomic E-state index is -0.0604. The molecular weight excluding hydrogens is 328 g/mol. The largest absolute Gasteiger partial charge is 0.439 e. The van der Waals surface area contributed by atoms with Crippen molar-refractivity contribution in [3.8, 4) is 17.7 Å². The van der Waals surface area contributed by atoms with Crippen molar-refractivity contribution in [2.24, 2.45) is 0 Å². The molecule has 6 nitrogen and oxygen atoms in total. The zero-order valence-corrected chi connectivity index (χ0v) is 14.4. The Morgan fingerprint density at radius 3 is 2.65 bits per heavy atom. The molecule has 2 N–H and O–H groups in total. The molecule has 2 aromatic rings. The summed E-state index contributed by atoms with van der Waals surface area (Å²) >= 11 is 0. The first-order valence-corrected chi connectivity index (χ1v) is 8.88. The average molecular weight is 348 g/mol.